The minimum absolute atomic E-state index is 0.105. The van der Waals surface area contributed by atoms with Crippen LogP contribution in [0.1, 0.15) is 10.4 Å². The summed E-state index contributed by atoms with van der Waals surface area (Å²) in [6.07, 6.45) is 1.46. The van der Waals surface area contributed by atoms with Crippen LogP contribution >= 0.6 is 23.2 Å². The van der Waals surface area contributed by atoms with Crippen molar-refractivity contribution in [3.63, 3.8) is 0 Å². The van der Waals surface area contributed by atoms with Gasteiger partial charge < -0.3 is 15.0 Å². The van der Waals surface area contributed by atoms with Crippen molar-refractivity contribution in [3.05, 3.63) is 46.2 Å². The molecule has 1 N–H and O–H groups in total. The van der Waals surface area contributed by atoms with E-state index < -0.39 is 0 Å². The van der Waals surface area contributed by atoms with Crippen LogP contribution in [0.5, 0.6) is 5.75 Å². The topological polar surface area (TPSA) is 54.5 Å². The van der Waals surface area contributed by atoms with E-state index in [0.29, 0.717) is 46.0 Å². The standard InChI is InChI=1S/C15H13Cl2N3O2/c1-20-5-6-22-12-4-2-3-10(14(12)15(20)21)19-11-7-13(17)18-8-9(11)16/h2-4,7-8H,5-6H2,1H3,(H,18,19). The van der Waals surface area contributed by atoms with Crippen LogP contribution in [0.25, 0.3) is 0 Å². The molecule has 2 aromatic rings. The highest BCUT2D eigenvalue weighted by Gasteiger charge is 2.24. The third-order valence-electron chi connectivity index (χ3n) is 3.36. The molecule has 1 amide bonds. The van der Waals surface area contributed by atoms with E-state index in [1.165, 1.54) is 6.20 Å². The molecule has 5 nitrogen and oxygen atoms in total. The van der Waals surface area contributed by atoms with Crippen molar-refractivity contribution < 1.29 is 9.53 Å². The number of fused-ring (bicyclic) bond motifs is 1. The number of likely N-dealkylation sites (N-methyl/N-ethyl adjacent to an activating group) is 1. The van der Waals surface area contributed by atoms with Crippen LogP contribution < -0.4 is 10.1 Å². The van der Waals surface area contributed by atoms with Crippen LogP contribution in [0.2, 0.25) is 10.2 Å². The van der Waals surface area contributed by atoms with Gasteiger partial charge in [0.05, 0.1) is 22.9 Å². The molecule has 114 valence electrons. The van der Waals surface area contributed by atoms with Gasteiger partial charge in [-0.15, -0.1) is 0 Å². The van der Waals surface area contributed by atoms with Crippen LogP contribution in [0.3, 0.4) is 0 Å². The average Bonchev–Trinajstić information content (AvgIpc) is 2.64. The normalized spacial score (nSPS) is 14.1. The molecule has 0 saturated heterocycles. The number of carbonyl (C=O) groups is 1. The molecule has 22 heavy (non-hydrogen) atoms. The molecule has 2 heterocycles. The molecule has 3 rings (SSSR count). The Labute approximate surface area is 137 Å². The van der Waals surface area contributed by atoms with Gasteiger partial charge in [0.25, 0.3) is 5.91 Å². The molecule has 0 spiro atoms. The van der Waals surface area contributed by atoms with Crippen molar-refractivity contribution in [2.75, 3.05) is 25.5 Å². The molecule has 1 aliphatic heterocycles. The van der Waals surface area contributed by atoms with E-state index in [1.807, 2.05) is 6.07 Å². The Kier molecular flexibility index (Phi) is 4.09. The van der Waals surface area contributed by atoms with Gasteiger partial charge >= 0.3 is 0 Å². The van der Waals surface area contributed by atoms with Crippen molar-refractivity contribution >= 4 is 40.5 Å². The van der Waals surface area contributed by atoms with Crippen molar-refractivity contribution in [2.45, 2.75) is 0 Å². The molecule has 0 bridgehead atoms. The number of hydrogen-bond donors (Lipinski definition) is 1. The predicted octanol–water partition coefficient (Wildman–Crippen LogP) is 3.60. The molecule has 0 unspecified atom stereocenters. The molecule has 7 heteroatoms. The summed E-state index contributed by atoms with van der Waals surface area (Å²) in [6, 6.07) is 6.99. The second-order valence-electron chi connectivity index (χ2n) is 4.87. The Morgan fingerprint density at radius 1 is 1.32 bits per heavy atom. The largest absolute Gasteiger partial charge is 0.491 e. The number of pyridine rings is 1. The fourth-order valence-corrected chi connectivity index (χ4v) is 2.52. The van der Waals surface area contributed by atoms with E-state index in [1.54, 1.807) is 30.1 Å². The first-order valence-electron chi connectivity index (χ1n) is 6.65. The molecule has 0 radical (unpaired) electrons. The average molecular weight is 338 g/mol. The van der Waals surface area contributed by atoms with Crippen LogP contribution in [0.15, 0.2) is 30.5 Å². The van der Waals surface area contributed by atoms with E-state index in [4.69, 9.17) is 27.9 Å². The van der Waals surface area contributed by atoms with Crippen molar-refractivity contribution in [1.29, 1.82) is 0 Å². The van der Waals surface area contributed by atoms with E-state index in [9.17, 15) is 4.79 Å². The zero-order valence-electron chi connectivity index (χ0n) is 11.8. The third-order valence-corrected chi connectivity index (χ3v) is 3.87. The van der Waals surface area contributed by atoms with Gasteiger partial charge in [-0.2, -0.15) is 0 Å². The number of aromatic nitrogens is 1. The van der Waals surface area contributed by atoms with Crippen molar-refractivity contribution in [1.82, 2.24) is 9.88 Å². The van der Waals surface area contributed by atoms with Gasteiger partial charge in [-0.1, -0.05) is 29.3 Å². The first-order chi connectivity index (χ1) is 10.6. The number of rotatable bonds is 2. The molecule has 1 aromatic carbocycles. The molecule has 0 atom stereocenters. The lowest BCUT2D eigenvalue weighted by atomic mass is 10.1. The van der Waals surface area contributed by atoms with Crippen molar-refractivity contribution in [2.24, 2.45) is 0 Å². The zero-order valence-corrected chi connectivity index (χ0v) is 13.3. The number of anilines is 2. The van der Waals surface area contributed by atoms with Gasteiger partial charge in [0.15, 0.2) is 0 Å². The molecular weight excluding hydrogens is 325 g/mol. The summed E-state index contributed by atoms with van der Waals surface area (Å²) in [6.45, 7) is 0.995. The number of ether oxygens (including phenoxy) is 1. The maximum absolute atomic E-state index is 12.5. The van der Waals surface area contributed by atoms with Crippen LogP contribution in [0, 0.1) is 0 Å². The maximum Gasteiger partial charge on any atom is 0.259 e. The number of hydrogen-bond acceptors (Lipinski definition) is 4. The van der Waals surface area contributed by atoms with E-state index in [0.717, 1.165) is 0 Å². The monoisotopic (exact) mass is 337 g/mol. The summed E-state index contributed by atoms with van der Waals surface area (Å²) >= 11 is 12.0. The molecule has 1 aliphatic rings. The summed E-state index contributed by atoms with van der Waals surface area (Å²) in [5.74, 6) is 0.447. The van der Waals surface area contributed by atoms with Crippen LogP contribution in [0.4, 0.5) is 11.4 Å². The molecule has 0 aliphatic carbocycles. The smallest absolute Gasteiger partial charge is 0.259 e. The zero-order chi connectivity index (χ0) is 15.7. The molecule has 0 fully saturated rings. The number of halogens is 2. The summed E-state index contributed by atoms with van der Waals surface area (Å²) < 4.78 is 5.65. The van der Waals surface area contributed by atoms with Gasteiger partial charge in [0.1, 0.15) is 23.1 Å². The fourth-order valence-electron chi connectivity index (χ4n) is 2.22. The van der Waals surface area contributed by atoms with Gasteiger partial charge in [-0.05, 0) is 12.1 Å². The van der Waals surface area contributed by atoms with E-state index >= 15 is 0 Å². The van der Waals surface area contributed by atoms with E-state index in [2.05, 4.69) is 10.3 Å². The molecule has 0 saturated carbocycles. The first-order valence-corrected chi connectivity index (χ1v) is 7.41. The Morgan fingerprint density at radius 3 is 2.95 bits per heavy atom. The Bertz CT molecular complexity index is 737. The quantitative estimate of drug-likeness (QED) is 0.850. The Hall–Kier alpha value is -1.98. The summed E-state index contributed by atoms with van der Waals surface area (Å²) in [4.78, 5) is 18.1. The minimum atomic E-state index is -0.105. The summed E-state index contributed by atoms with van der Waals surface area (Å²) in [5.41, 5.74) is 1.67. The molecular formula is C15H13Cl2N3O2. The van der Waals surface area contributed by atoms with Gasteiger partial charge in [-0.3, -0.25) is 4.79 Å². The third kappa shape index (κ3) is 2.82. The lowest BCUT2D eigenvalue weighted by molar-refractivity contribution is 0.0797. The number of amides is 1. The maximum atomic E-state index is 12.5. The summed E-state index contributed by atoms with van der Waals surface area (Å²) in [7, 11) is 1.74. The highest BCUT2D eigenvalue weighted by Crippen LogP contribution is 2.34. The SMILES string of the molecule is CN1CCOc2cccc(Nc3cc(Cl)ncc3Cl)c2C1=O. The number of carbonyl (C=O) groups excluding carboxylic acids is 1. The highest BCUT2D eigenvalue weighted by atomic mass is 35.5. The van der Waals surface area contributed by atoms with E-state index in [-0.39, 0.29) is 5.91 Å². The first kappa shape index (κ1) is 14.9. The highest BCUT2D eigenvalue weighted by molar-refractivity contribution is 6.34. The van der Waals surface area contributed by atoms with Crippen molar-refractivity contribution in [3.8, 4) is 5.75 Å². The second-order valence-corrected chi connectivity index (χ2v) is 5.66. The van der Waals surface area contributed by atoms with Gasteiger partial charge in [0, 0.05) is 19.3 Å². The lowest BCUT2D eigenvalue weighted by Gasteiger charge is -2.17. The van der Waals surface area contributed by atoms with Gasteiger partial charge in [0.2, 0.25) is 0 Å². The van der Waals surface area contributed by atoms with Crippen LogP contribution in [-0.2, 0) is 0 Å². The number of nitrogens with one attached hydrogen (secondary N) is 1. The molecule has 1 aromatic heterocycles. The lowest BCUT2D eigenvalue weighted by Crippen LogP contribution is -2.28. The fraction of sp³-hybridized carbons (Fsp3) is 0.200. The number of benzene rings is 1. The second kappa shape index (κ2) is 6.02. The van der Waals surface area contributed by atoms with Gasteiger partial charge in [-0.25, -0.2) is 4.98 Å². The van der Waals surface area contributed by atoms with Crippen LogP contribution in [-0.4, -0.2) is 36.0 Å². The predicted molar refractivity (Wildman–Crippen MR) is 86.4 cm³/mol. The Balaban J connectivity index is 2.05. The Morgan fingerprint density at radius 2 is 2.14 bits per heavy atom. The minimum Gasteiger partial charge on any atom is -0.491 e. The summed E-state index contributed by atoms with van der Waals surface area (Å²) in [5, 5.41) is 3.86. The number of nitrogens with zero attached hydrogens (tertiary/aromatic N) is 2.